The molecule has 21 heavy (non-hydrogen) atoms. The fourth-order valence-corrected chi connectivity index (χ4v) is 2.65. The Morgan fingerprint density at radius 3 is 1.19 bits per heavy atom. The van der Waals surface area contributed by atoms with E-state index in [0.29, 0.717) is 0 Å². The maximum absolute atomic E-state index is 12.1. The third-order valence-corrected chi connectivity index (χ3v) is 4.08. The summed E-state index contributed by atoms with van der Waals surface area (Å²) in [6.45, 7) is 0. The zero-order valence-electron chi connectivity index (χ0n) is 10.5. The van der Waals surface area contributed by atoms with Gasteiger partial charge in [-0.2, -0.15) is 0 Å². The van der Waals surface area contributed by atoms with Crippen molar-refractivity contribution < 1.29 is 33.6 Å². The fourth-order valence-electron chi connectivity index (χ4n) is 1.39. The Balaban J connectivity index is 0.000000491. The number of hydrogen-bond donors (Lipinski definition) is 4. The number of rotatable bonds is 2. The first-order valence-electron chi connectivity index (χ1n) is 5.48. The van der Waals surface area contributed by atoms with Crippen molar-refractivity contribution in [3.8, 4) is 11.5 Å². The number of benzene rings is 2. The third kappa shape index (κ3) is 4.69. The Morgan fingerprint density at radius 1 is 0.714 bits per heavy atom. The molecular weight excluding hydrogens is 300 g/mol. The van der Waals surface area contributed by atoms with Crippen LogP contribution in [0.15, 0.2) is 58.3 Å². The first-order valence-corrected chi connectivity index (χ1v) is 6.97. The van der Waals surface area contributed by atoms with Crippen LogP contribution in [0.4, 0.5) is 4.79 Å². The van der Waals surface area contributed by atoms with Gasteiger partial charge in [0.05, 0.1) is 9.79 Å². The van der Waals surface area contributed by atoms with E-state index in [-0.39, 0.29) is 21.3 Å². The number of carbonyl (C=O) groups is 1. The highest BCUT2D eigenvalue weighted by atomic mass is 32.2. The molecule has 0 radical (unpaired) electrons. The summed E-state index contributed by atoms with van der Waals surface area (Å²) in [6.07, 6.45) is -1.83. The van der Waals surface area contributed by atoms with Gasteiger partial charge in [-0.3, -0.25) is 0 Å². The summed E-state index contributed by atoms with van der Waals surface area (Å²) in [5.41, 5.74) is 0. The zero-order valence-corrected chi connectivity index (χ0v) is 11.4. The average Bonchev–Trinajstić information content (AvgIpc) is 2.39. The normalized spacial score (nSPS) is 10.3. The molecule has 2 rings (SSSR count). The molecule has 0 spiro atoms. The standard InChI is InChI=1S/C12H10O4S.CH2O3/c13-9-1-5-11(6-2-9)17(15,16)12-7-3-10(14)4-8-12;2-1(3)4/h1-8,13-14H;(H2,2,3,4). The Labute approximate surface area is 120 Å². The van der Waals surface area contributed by atoms with E-state index >= 15 is 0 Å². The Hall–Kier alpha value is -2.74. The largest absolute Gasteiger partial charge is 0.508 e. The van der Waals surface area contributed by atoms with Crippen LogP contribution >= 0.6 is 0 Å². The molecule has 0 bridgehead atoms. The van der Waals surface area contributed by atoms with Crippen LogP contribution in [0.2, 0.25) is 0 Å². The number of aromatic hydroxyl groups is 2. The van der Waals surface area contributed by atoms with Gasteiger partial charge in [-0.05, 0) is 48.5 Å². The molecule has 8 heteroatoms. The Morgan fingerprint density at radius 2 is 0.952 bits per heavy atom. The SMILES string of the molecule is O=C(O)O.O=S(=O)(c1ccc(O)cc1)c1ccc(O)cc1. The molecule has 0 aromatic heterocycles. The summed E-state index contributed by atoms with van der Waals surface area (Å²) in [6, 6.07) is 10.6. The van der Waals surface area contributed by atoms with E-state index in [0.717, 1.165) is 0 Å². The Kier molecular flexibility index (Phi) is 5.14. The molecule has 0 saturated heterocycles. The molecule has 0 amide bonds. The van der Waals surface area contributed by atoms with Crippen molar-refractivity contribution in [1.82, 2.24) is 0 Å². The highest BCUT2D eigenvalue weighted by Gasteiger charge is 2.17. The molecule has 4 N–H and O–H groups in total. The second-order valence-electron chi connectivity index (χ2n) is 3.77. The van der Waals surface area contributed by atoms with Gasteiger partial charge in [-0.15, -0.1) is 0 Å². The van der Waals surface area contributed by atoms with Crippen molar-refractivity contribution in [3.05, 3.63) is 48.5 Å². The van der Waals surface area contributed by atoms with Crippen LogP contribution in [0.3, 0.4) is 0 Å². The molecule has 2 aromatic rings. The van der Waals surface area contributed by atoms with Crippen molar-refractivity contribution in [1.29, 1.82) is 0 Å². The minimum absolute atomic E-state index is 0.00894. The van der Waals surface area contributed by atoms with Crippen molar-refractivity contribution in [2.75, 3.05) is 0 Å². The molecule has 0 heterocycles. The zero-order chi connectivity index (χ0) is 16.0. The number of sulfone groups is 1. The third-order valence-electron chi connectivity index (χ3n) is 2.29. The van der Waals surface area contributed by atoms with E-state index in [4.69, 9.17) is 25.2 Å². The quantitative estimate of drug-likeness (QED) is 0.668. The average molecular weight is 312 g/mol. The molecule has 0 saturated carbocycles. The van der Waals surface area contributed by atoms with Gasteiger partial charge in [-0.25, -0.2) is 13.2 Å². The molecule has 0 aliphatic carbocycles. The van der Waals surface area contributed by atoms with E-state index in [2.05, 4.69) is 0 Å². The summed E-state index contributed by atoms with van der Waals surface area (Å²) in [4.78, 5) is 8.75. The van der Waals surface area contributed by atoms with E-state index in [1.807, 2.05) is 0 Å². The molecule has 112 valence electrons. The predicted octanol–water partition coefficient (Wildman–Crippen LogP) is 2.15. The first-order chi connectivity index (χ1) is 9.73. The maximum atomic E-state index is 12.1. The molecule has 7 nitrogen and oxygen atoms in total. The topological polar surface area (TPSA) is 132 Å². The predicted molar refractivity (Wildman–Crippen MR) is 72.3 cm³/mol. The number of hydrogen-bond acceptors (Lipinski definition) is 5. The van der Waals surface area contributed by atoms with Crippen LogP contribution in [-0.4, -0.2) is 35.0 Å². The van der Waals surface area contributed by atoms with Crippen LogP contribution in [0.25, 0.3) is 0 Å². The van der Waals surface area contributed by atoms with Gasteiger partial charge in [0.2, 0.25) is 9.84 Å². The number of phenols is 2. The van der Waals surface area contributed by atoms with Crippen molar-refractivity contribution in [2.45, 2.75) is 9.79 Å². The smallest absolute Gasteiger partial charge is 0.503 e. The summed E-state index contributed by atoms with van der Waals surface area (Å²) in [5.74, 6) is 0.0179. The lowest BCUT2D eigenvalue weighted by Crippen LogP contribution is -2.01. The molecular formula is C13H12O7S. The second-order valence-corrected chi connectivity index (χ2v) is 5.72. The maximum Gasteiger partial charge on any atom is 0.503 e. The monoisotopic (exact) mass is 312 g/mol. The molecule has 0 aliphatic heterocycles. The van der Waals surface area contributed by atoms with E-state index in [1.54, 1.807) is 0 Å². The van der Waals surface area contributed by atoms with Crippen LogP contribution in [0, 0.1) is 0 Å². The van der Waals surface area contributed by atoms with Crippen molar-refractivity contribution in [3.63, 3.8) is 0 Å². The number of carboxylic acid groups (broad SMARTS) is 2. The van der Waals surface area contributed by atoms with Crippen LogP contribution in [0.5, 0.6) is 11.5 Å². The van der Waals surface area contributed by atoms with Gasteiger partial charge >= 0.3 is 6.16 Å². The van der Waals surface area contributed by atoms with Gasteiger partial charge in [0, 0.05) is 0 Å². The highest BCUT2D eigenvalue weighted by molar-refractivity contribution is 7.91. The van der Waals surface area contributed by atoms with Crippen LogP contribution < -0.4 is 0 Å². The minimum atomic E-state index is -3.59. The van der Waals surface area contributed by atoms with E-state index in [1.165, 1.54) is 48.5 Å². The van der Waals surface area contributed by atoms with Gasteiger partial charge in [0.15, 0.2) is 0 Å². The summed E-state index contributed by atoms with van der Waals surface area (Å²) >= 11 is 0. The molecule has 0 aliphatic rings. The lowest BCUT2D eigenvalue weighted by atomic mass is 10.3. The fraction of sp³-hybridized carbons (Fsp3) is 0. The summed E-state index contributed by atoms with van der Waals surface area (Å²) < 4.78 is 24.2. The first kappa shape index (κ1) is 16.3. The van der Waals surface area contributed by atoms with Gasteiger partial charge < -0.3 is 20.4 Å². The van der Waals surface area contributed by atoms with Gasteiger partial charge in [-0.1, -0.05) is 0 Å². The van der Waals surface area contributed by atoms with Crippen LogP contribution in [0.1, 0.15) is 0 Å². The van der Waals surface area contributed by atoms with Gasteiger partial charge in [0.25, 0.3) is 0 Å². The molecule has 2 aromatic carbocycles. The van der Waals surface area contributed by atoms with Crippen molar-refractivity contribution in [2.24, 2.45) is 0 Å². The second kappa shape index (κ2) is 6.62. The Bertz CT molecular complexity index is 648. The van der Waals surface area contributed by atoms with E-state index in [9.17, 15) is 8.42 Å². The van der Waals surface area contributed by atoms with Crippen molar-refractivity contribution >= 4 is 16.0 Å². The lowest BCUT2D eigenvalue weighted by Gasteiger charge is -2.04. The van der Waals surface area contributed by atoms with Crippen LogP contribution in [-0.2, 0) is 9.84 Å². The highest BCUT2D eigenvalue weighted by Crippen LogP contribution is 2.23. The number of phenolic OH excluding ortho intramolecular Hbond substituents is 2. The van der Waals surface area contributed by atoms with Gasteiger partial charge in [0.1, 0.15) is 11.5 Å². The molecule has 0 atom stereocenters. The minimum Gasteiger partial charge on any atom is -0.508 e. The lowest BCUT2D eigenvalue weighted by molar-refractivity contribution is 0.137. The summed E-state index contributed by atoms with van der Waals surface area (Å²) in [5, 5.41) is 32.1. The van der Waals surface area contributed by atoms with E-state index < -0.39 is 16.0 Å². The molecule has 0 unspecified atom stereocenters. The summed E-state index contributed by atoms with van der Waals surface area (Å²) in [7, 11) is -3.59. The molecule has 0 fully saturated rings.